The smallest absolute Gasteiger partial charge is 0.266 e. The molecular weight excluding hydrogens is 495 g/mol. The van der Waals surface area contributed by atoms with E-state index in [0.717, 1.165) is 21.9 Å². The molecule has 0 heterocycles. The van der Waals surface area contributed by atoms with Gasteiger partial charge in [-0.2, -0.15) is 5.26 Å². The molecule has 5 nitrogen and oxygen atoms in total. The molecule has 4 rings (SSSR count). The van der Waals surface area contributed by atoms with Gasteiger partial charge in [0, 0.05) is 10.7 Å². The Labute approximate surface area is 219 Å². The van der Waals surface area contributed by atoms with Crippen molar-refractivity contribution in [2.24, 2.45) is 0 Å². The quantitative estimate of drug-likeness (QED) is 0.203. The van der Waals surface area contributed by atoms with Crippen molar-refractivity contribution in [2.75, 3.05) is 12.4 Å². The molecule has 0 saturated carbocycles. The lowest BCUT2D eigenvalue weighted by Gasteiger charge is -2.14. The summed E-state index contributed by atoms with van der Waals surface area (Å²) in [7, 11) is 1.50. The van der Waals surface area contributed by atoms with Crippen LogP contribution in [-0.4, -0.2) is 13.0 Å². The number of carbonyl (C=O) groups is 1. The molecule has 1 N–H and O–H groups in total. The van der Waals surface area contributed by atoms with E-state index >= 15 is 0 Å². The number of carbonyl (C=O) groups excluding carboxylic acids is 1. The molecule has 0 aliphatic carbocycles. The lowest BCUT2D eigenvalue weighted by Crippen LogP contribution is -2.13. The zero-order chi connectivity index (χ0) is 25.7. The largest absolute Gasteiger partial charge is 0.493 e. The molecule has 0 saturated heterocycles. The number of benzene rings is 4. The first-order chi connectivity index (χ1) is 17.4. The van der Waals surface area contributed by atoms with Crippen molar-refractivity contribution in [3.63, 3.8) is 0 Å². The molecule has 0 bridgehead atoms. The van der Waals surface area contributed by atoms with Crippen molar-refractivity contribution < 1.29 is 14.3 Å². The standard InChI is InChI=1S/C29H22Cl2N2O3/c1-18-7-10-24(15-25(18)30)33-29(34)23(16-32)12-20-13-26(31)28(27(14-20)35-2)36-17-19-8-9-21-5-3-4-6-22(21)11-19/h3-15H,17H2,1-2H3,(H,33,34)/b23-12-. The summed E-state index contributed by atoms with van der Waals surface area (Å²) in [4.78, 5) is 12.7. The molecule has 0 atom stereocenters. The highest BCUT2D eigenvalue weighted by Crippen LogP contribution is 2.37. The van der Waals surface area contributed by atoms with Gasteiger partial charge in [-0.05, 0) is 70.8 Å². The van der Waals surface area contributed by atoms with Gasteiger partial charge in [0.2, 0.25) is 0 Å². The van der Waals surface area contributed by atoms with Crippen LogP contribution in [0.1, 0.15) is 16.7 Å². The number of rotatable bonds is 7. The van der Waals surface area contributed by atoms with Crippen LogP contribution in [0.25, 0.3) is 16.8 Å². The first-order valence-corrected chi connectivity index (χ1v) is 11.8. The summed E-state index contributed by atoms with van der Waals surface area (Å²) in [6.07, 6.45) is 1.44. The molecule has 0 spiro atoms. The van der Waals surface area contributed by atoms with Crippen LogP contribution in [0, 0.1) is 18.3 Å². The zero-order valence-electron chi connectivity index (χ0n) is 19.6. The van der Waals surface area contributed by atoms with E-state index in [1.54, 1.807) is 30.3 Å². The van der Waals surface area contributed by atoms with Crippen molar-refractivity contribution in [2.45, 2.75) is 13.5 Å². The van der Waals surface area contributed by atoms with E-state index in [4.69, 9.17) is 32.7 Å². The van der Waals surface area contributed by atoms with Gasteiger partial charge in [0.25, 0.3) is 5.91 Å². The third kappa shape index (κ3) is 5.80. The number of nitrogens with one attached hydrogen (secondary N) is 1. The van der Waals surface area contributed by atoms with Crippen molar-refractivity contribution in [1.82, 2.24) is 0 Å². The van der Waals surface area contributed by atoms with Crippen LogP contribution < -0.4 is 14.8 Å². The van der Waals surface area contributed by atoms with Crippen molar-refractivity contribution in [3.05, 3.63) is 105 Å². The molecule has 1 amide bonds. The molecule has 7 heteroatoms. The maximum Gasteiger partial charge on any atom is 0.266 e. The molecule has 0 aliphatic heterocycles. The summed E-state index contributed by atoms with van der Waals surface area (Å²) in [5, 5.41) is 15.3. The molecule has 0 unspecified atom stereocenters. The fraction of sp³-hybridized carbons (Fsp3) is 0.103. The second-order valence-electron chi connectivity index (χ2n) is 8.09. The van der Waals surface area contributed by atoms with Gasteiger partial charge in [-0.15, -0.1) is 0 Å². The lowest BCUT2D eigenvalue weighted by molar-refractivity contribution is -0.112. The molecule has 180 valence electrons. The number of nitriles is 1. The Morgan fingerprint density at radius 2 is 1.78 bits per heavy atom. The van der Waals surface area contributed by atoms with Crippen LogP contribution in [0.2, 0.25) is 10.0 Å². The summed E-state index contributed by atoms with van der Waals surface area (Å²) < 4.78 is 11.5. The number of anilines is 1. The second-order valence-corrected chi connectivity index (χ2v) is 8.91. The van der Waals surface area contributed by atoms with E-state index in [-0.39, 0.29) is 5.57 Å². The average Bonchev–Trinajstić information content (AvgIpc) is 2.88. The fourth-order valence-corrected chi connectivity index (χ4v) is 4.09. The molecule has 4 aromatic rings. The van der Waals surface area contributed by atoms with Crippen molar-refractivity contribution >= 4 is 51.6 Å². The molecule has 4 aromatic carbocycles. The number of hydrogen-bond acceptors (Lipinski definition) is 4. The highest BCUT2D eigenvalue weighted by molar-refractivity contribution is 6.32. The Balaban J connectivity index is 1.54. The van der Waals surface area contributed by atoms with Crippen molar-refractivity contribution in [3.8, 4) is 17.6 Å². The molecule has 0 fully saturated rings. The summed E-state index contributed by atoms with van der Waals surface area (Å²) >= 11 is 12.6. The zero-order valence-corrected chi connectivity index (χ0v) is 21.2. The average molecular weight is 517 g/mol. The highest BCUT2D eigenvalue weighted by Gasteiger charge is 2.15. The maximum absolute atomic E-state index is 12.7. The minimum Gasteiger partial charge on any atom is -0.493 e. The lowest BCUT2D eigenvalue weighted by atomic mass is 10.1. The van der Waals surface area contributed by atoms with E-state index in [0.29, 0.717) is 39.4 Å². The SMILES string of the molecule is COc1cc(/C=C(/C#N)C(=O)Nc2ccc(C)c(Cl)c2)cc(Cl)c1OCc1ccc2ccccc2c1. The minimum absolute atomic E-state index is 0.102. The van der Waals surface area contributed by atoms with E-state index < -0.39 is 5.91 Å². The van der Waals surface area contributed by atoms with E-state index in [1.807, 2.05) is 43.3 Å². The number of halogens is 2. The van der Waals surface area contributed by atoms with E-state index in [9.17, 15) is 10.1 Å². The number of hydrogen-bond donors (Lipinski definition) is 1. The fourth-order valence-electron chi connectivity index (χ4n) is 3.63. The number of aryl methyl sites for hydroxylation is 1. The summed E-state index contributed by atoms with van der Waals surface area (Å²) in [5.74, 6) is 0.198. The van der Waals surface area contributed by atoms with Crippen LogP contribution in [-0.2, 0) is 11.4 Å². The van der Waals surface area contributed by atoms with Gasteiger partial charge < -0.3 is 14.8 Å². The predicted molar refractivity (Wildman–Crippen MR) is 145 cm³/mol. The van der Waals surface area contributed by atoms with Crippen LogP contribution in [0.3, 0.4) is 0 Å². The first kappa shape index (κ1) is 25.1. The van der Waals surface area contributed by atoms with E-state index in [2.05, 4.69) is 17.4 Å². The summed E-state index contributed by atoms with van der Waals surface area (Å²) in [6.45, 7) is 2.15. The van der Waals surface area contributed by atoms with Gasteiger partial charge >= 0.3 is 0 Å². The highest BCUT2D eigenvalue weighted by atomic mass is 35.5. The van der Waals surface area contributed by atoms with Crippen LogP contribution in [0.5, 0.6) is 11.5 Å². The Morgan fingerprint density at radius 1 is 1.00 bits per heavy atom. The number of fused-ring (bicyclic) bond motifs is 1. The van der Waals surface area contributed by atoms with Gasteiger partial charge in [0.05, 0.1) is 12.1 Å². The predicted octanol–water partition coefficient (Wildman–Crippen LogP) is 7.59. The molecule has 36 heavy (non-hydrogen) atoms. The van der Waals surface area contributed by atoms with Crippen LogP contribution in [0.4, 0.5) is 5.69 Å². The summed E-state index contributed by atoms with van der Waals surface area (Å²) in [6, 6.07) is 24.5. The Morgan fingerprint density at radius 3 is 2.50 bits per heavy atom. The third-order valence-electron chi connectivity index (χ3n) is 5.55. The van der Waals surface area contributed by atoms with E-state index in [1.165, 1.54) is 13.2 Å². The molecule has 0 radical (unpaired) electrons. The van der Waals surface area contributed by atoms with Gasteiger partial charge in [-0.3, -0.25) is 4.79 Å². The first-order valence-electron chi connectivity index (χ1n) is 11.0. The number of nitrogens with zero attached hydrogens (tertiary/aromatic N) is 1. The van der Waals surface area contributed by atoms with Crippen molar-refractivity contribution in [1.29, 1.82) is 5.26 Å². The molecule has 0 aliphatic rings. The molecular formula is C29H22Cl2N2O3. The molecule has 0 aromatic heterocycles. The number of amides is 1. The minimum atomic E-state index is -0.566. The van der Waals surface area contributed by atoms with Gasteiger partial charge in [0.1, 0.15) is 18.2 Å². The Bertz CT molecular complexity index is 1520. The number of ether oxygens (including phenoxy) is 2. The van der Waals surface area contributed by atoms with Gasteiger partial charge in [-0.1, -0.05) is 65.7 Å². The Hall–Kier alpha value is -3.98. The van der Waals surface area contributed by atoms with Gasteiger partial charge in [0.15, 0.2) is 11.5 Å². The van der Waals surface area contributed by atoms with Crippen LogP contribution >= 0.6 is 23.2 Å². The third-order valence-corrected chi connectivity index (χ3v) is 6.24. The van der Waals surface area contributed by atoms with Crippen LogP contribution in [0.15, 0.2) is 78.4 Å². The monoisotopic (exact) mass is 516 g/mol. The topological polar surface area (TPSA) is 71.3 Å². The summed E-state index contributed by atoms with van der Waals surface area (Å²) in [5.41, 5.74) is 2.77. The maximum atomic E-state index is 12.7. The Kier molecular flexibility index (Phi) is 7.80. The number of methoxy groups -OCH3 is 1. The normalized spacial score (nSPS) is 11.1. The van der Waals surface area contributed by atoms with Gasteiger partial charge in [-0.25, -0.2) is 0 Å². The second kappa shape index (κ2) is 11.2.